The minimum atomic E-state index is 0.0202. The molecular formula is C20H14BrNO4. The lowest BCUT2D eigenvalue weighted by molar-refractivity contribution is 0.0766. The van der Waals surface area contributed by atoms with Gasteiger partial charge in [0.1, 0.15) is 5.76 Å². The van der Waals surface area contributed by atoms with Crippen molar-refractivity contribution in [1.29, 1.82) is 0 Å². The number of carbonyl (C=O) groups is 1. The van der Waals surface area contributed by atoms with Gasteiger partial charge in [-0.1, -0.05) is 22.0 Å². The van der Waals surface area contributed by atoms with E-state index < -0.39 is 0 Å². The van der Waals surface area contributed by atoms with Crippen LogP contribution in [0.3, 0.4) is 0 Å². The average Bonchev–Trinajstić information content (AvgIpc) is 3.37. The van der Waals surface area contributed by atoms with E-state index in [1.807, 2.05) is 47.4 Å². The van der Waals surface area contributed by atoms with Gasteiger partial charge in [-0.3, -0.25) is 4.79 Å². The fraction of sp³-hybridized carbons (Fsp3) is 0.150. The maximum atomic E-state index is 12.9. The third-order valence-electron chi connectivity index (χ3n) is 4.68. The summed E-state index contributed by atoms with van der Waals surface area (Å²) in [6.07, 6.45) is 1.63. The Kier molecular flexibility index (Phi) is 3.53. The number of furan rings is 1. The Labute approximate surface area is 158 Å². The predicted octanol–water partition coefficient (Wildman–Crippen LogP) is 4.59. The van der Waals surface area contributed by atoms with Gasteiger partial charge < -0.3 is 18.8 Å². The molecule has 26 heavy (non-hydrogen) atoms. The van der Waals surface area contributed by atoms with Crippen molar-refractivity contribution in [1.82, 2.24) is 4.90 Å². The van der Waals surface area contributed by atoms with Gasteiger partial charge in [-0.2, -0.15) is 0 Å². The number of rotatable bonds is 3. The Morgan fingerprint density at radius 1 is 1.08 bits per heavy atom. The Hall–Kier alpha value is -2.73. The zero-order chi connectivity index (χ0) is 17.7. The van der Waals surface area contributed by atoms with Gasteiger partial charge in [0.25, 0.3) is 5.91 Å². The van der Waals surface area contributed by atoms with Gasteiger partial charge in [-0.25, -0.2) is 0 Å². The van der Waals surface area contributed by atoms with Crippen LogP contribution >= 0.6 is 15.9 Å². The van der Waals surface area contributed by atoms with E-state index in [9.17, 15) is 4.79 Å². The first kappa shape index (κ1) is 15.5. The smallest absolute Gasteiger partial charge is 0.254 e. The molecule has 2 aliphatic heterocycles. The van der Waals surface area contributed by atoms with Crippen LogP contribution in [0, 0.1) is 0 Å². The first-order valence-electron chi connectivity index (χ1n) is 8.23. The minimum Gasteiger partial charge on any atom is -0.464 e. The summed E-state index contributed by atoms with van der Waals surface area (Å²) in [5.74, 6) is 2.24. The molecule has 0 fully saturated rings. The highest BCUT2D eigenvalue weighted by Crippen LogP contribution is 2.37. The van der Waals surface area contributed by atoms with Crippen LogP contribution in [0.1, 0.15) is 21.5 Å². The molecule has 2 aromatic carbocycles. The van der Waals surface area contributed by atoms with Crippen LogP contribution in [-0.4, -0.2) is 17.6 Å². The van der Waals surface area contributed by atoms with Gasteiger partial charge in [0, 0.05) is 28.7 Å². The molecule has 0 atom stereocenters. The molecule has 1 aromatic heterocycles. The number of ether oxygens (including phenoxy) is 2. The number of carbonyl (C=O) groups excluding carboxylic acids is 1. The van der Waals surface area contributed by atoms with E-state index in [1.165, 1.54) is 0 Å². The van der Waals surface area contributed by atoms with E-state index >= 15 is 0 Å². The monoisotopic (exact) mass is 411 g/mol. The molecule has 0 saturated carbocycles. The van der Waals surface area contributed by atoms with E-state index in [0.717, 1.165) is 38.4 Å². The number of fused-ring (bicyclic) bond motifs is 2. The molecule has 3 heterocycles. The molecule has 0 unspecified atom stereocenters. The molecule has 130 valence electrons. The molecule has 5 rings (SSSR count). The summed E-state index contributed by atoms with van der Waals surface area (Å²) in [4.78, 5) is 14.8. The van der Waals surface area contributed by atoms with Crippen molar-refractivity contribution in [3.05, 3.63) is 69.9 Å². The molecule has 0 radical (unpaired) electrons. The van der Waals surface area contributed by atoms with Crippen LogP contribution in [0.2, 0.25) is 0 Å². The first-order chi connectivity index (χ1) is 12.7. The second-order valence-corrected chi connectivity index (χ2v) is 7.16. The van der Waals surface area contributed by atoms with E-state index in [-0.39, 0.29) is 12.7 Å². The van der Waals surface area contributed by atoms with E-state index in [1.54, 1.807) is 6.26 Å². The highest BCUT2D eigenvalue weighted by molar-refractivity contribution is 9.10. The summed E-state index contributed by atoms with van der Waals surface area (Å²) in [6, 6.07) is 13.4. The van der Waals surface area contributed by atoms with Gasteiger partial charge in [-0.05, 0) is 47.5 Å². The van der Waals surface area contributed by atoms with Crippen LogP contribution in [0.5, 0.6) is 11.5 Å². The van der Waals surface area contributed by atoms with Crippen LogP contribution in [0.4, 0.5) is 0 Å². The Morgan fingerprint density at radius 3 is 2.81 bits per heavy atom. The summed E-state index contributed by atoms with van der Waals surface area (Å²) < 4.78 is 17.1. The second kappa shape index (κ2) is 5.92. The number of amides is 1. The van der Waals surface area contributed by atoms with E-state index in [2.05, 4.69) is 15.9 Å². The maximum Gasteiger partial charge on any atom is 0.254 e. The van der Waals surface area contributed by atoms with E-state index in [0.29, 0.717) is 18.7 Å². The number of hydrogen-bond donors (Lipinski definition) is 0. The summed E-state index contributed by atoms with van der Waals surface area (Å²) in [7, 11) is 0. The van der Waals surface area contributed by atoms with Crippen molar-refractivity contribution in [2.24, 2.45) is 0 Å². The van der Waals surface area contributed by atoms with Crippen molar-refractivity contribution in [3.63, 3.8) is 0 Å². The molecule has 6 heteroatoms. The van der Waals surface area contributed by atoms with Gasteiger partial charge >= 0.3 is 0 Å². The van der Waals surface area contributed by atoms with Crippen LogP contribution < -0.4 is 9.47 Å². The number of nitrogens with zero attached hydrogens (tertiary/aromatic N) is 1. The lowest BCUT2D eigenvalue weighted by atomic mass is 10.0. The lowest BCUT2D eigenvalue weighted by Gasteiger charge is -2.16. The van der Waals surface area contributed by atoms with Gasteiger partial charge in [0.15, 0.2) is 11.5 Å². The highest BCUT2D eigenvalue weighted by atomic mass is 79.9. The summed E-state index contributed by atoms with van der Waals surface area (Å²) >= 11 is 3.61. The van der Waals surface area contributed by atoms with Gasteiger partial charge in [0.2, 0.25) is 6.79 Å². The van der Waals surface area contributed by atoms with Gasteiger partial charge in [-0.15, -0.1) is 0 Å². The largest absolute Gasteiger partial charge is 0.464 e. The molecule has 0 spiro atoms. The normalized spacial score (nSPS) is 14.8. The zero-order valence-corrected chi connectivity index (χ0v) is 15.3. The lowest BCUT2D eigenvalue weighted by Crippen LogP contribution is -2.23. The molecule has 3 aromatic rings. The predicted molar refractivity (Wildman–Crippen MR) is 98.0 cm³/mol. The summed E-state index contributed by atoms with van der Waals surface area (Å²) in [5, 5.41) is 0. The number of halogens is 1. The van der Waals surface area contributed by atoms with Crippen LogP contribution in [0.25, 0.3) is 11.3 Å². The fourth-order valence-electron chi connectivity index (χ4n) is 3.39. The molecule has 1 amide bonds. The topological polar surface area (TPSA) is 51.9 Å². The van der Waals surface area contributed by atoms with E-state index in [4.69, 9.17) is 13.9 Å². The summed E-state index contributed by atoms with van der Waals surface area (Å²) in [5.41, 5.74) is 3.62. The summed E-state index contributed by atoms with van der Waals surface area (Å²) in [6.45, 7) is 1.34. The molecule has 0 aliphatic carbocycles. The van der Waals surface area contributed by atoms with Crippen molar-refractivity contribution < 1.29 is 18.7 Å². The maximum absolute atomic E-state index is 12.9. The third-order valence-corrected chi connectivity index (χ3v) is 5.39. The molecular weight excluding hydrogens is 398 g/mol. The van der Waals surface area contributed by atoms with Crippen molar-refractivity contribution >= 4 is 21.8 Å². The quantitative estimate of drug-likeness (QED) is 0.632. The minimum absolute atomic E-state index is 0.0202. The number of hydrogen-bond acceptors (Lipinski definition) is 4. The third kappa shape index (κ3) is 2.49. The molecule has 2 aliphatic rings. The van der Waals surface area contributed by atoms with Crippen molar-refractivity contribution in [3.8, 4) is 22.8 Å². The number of benzene rings is 2. The van der Waals surface area contributed by atoms with Crippen molar-refractivity contribution in [2.75, 3.05) is 6.79 Å². The van der Waals surface area contributed by atoms with Crippen LogP contribution in [0.15, 0.2) is 57.6 Å². The van der Waals surface area contributed by atoms with Crippen LogP contribution in [-0.2, 0) is 13.1 Å². The van der Waals surface area contributed by atoms with Gasteiger partial charge in [0.05, 0.1) is 6.26 Å². The standard InChI is InChI=1S/C20H14BrNO4/c21-16-8-13(17-2-1-5-24-17)7-14-15(16)10-22(20(14)23)9-12-3-4-18-19(6-12)26-11-25-18/h1-8H,9-11H2. The Morgan fingerprint density at radius 2 is 1.96 bits per heavy atom. The Bertz CT molecular complexity index is 1010. The van der Waals surface area contributed by atoms with Crippen molar-refractivity contribution in [2.45, 2.75) is 13.1 Å². The molecule has 0 bridgehead atoms. The second-order valence-electron chi connectivity index (χ2n) is 6.31. The molecule has 0 saturated heterocycles. The fourth-order valence-corrected chi connectivity index (χ4v) is 3.98. The molecule has 0 N–H and O–H groups in total. The SMILES string of the molecule is O=C1c2cc(-c3ccco3)cc(Br)c2CN1Cc1ccc2c(c1)OCO2. The first-order valence-corrected chi connectivity index (χ1v) is 9.02. The zero-order valence-electron chi connectivity index (χ0n) is 13.7. The average molecular weight is 412 g/mol. The Balaban J connectivity index is 1.44. The molecule has 5 nitrogen and oxygen atoms in total. The highest BCUT2D eigenvalue weighted by Gasteiger charge is 2.30.